The highest BCUT2D eigenvalue weighted by molar-refractivity contribution is 9.10. The fourth-order valence-corrected chi connectivity index (χ4v) is 17.6. The summed E-state index contributed by atoms with van der Waals surface area (Å²) in [5, 5.41) is 29.1. The minimum atomic E-state index is -1.52. The molecule has 24 aromatic rings. The van der Waals surface area contributed by atoms with E-state index in [1.807, 2.05) is 140 Å². The van der Waals surface area contributed by atoms with Crippen LogP contribution in [-0.2, 0) is 0 Å². The molecule has 12 nitrogen and oxygen atoms in total. The molecule has 0 saturated heterocycles. The first-order valence-corrected chi connectivity index (χ1v) is 43.3. The molecule has 0 saturated carbocycles. The Balaban J connectivity index is 0.000000109. The third-order valence-electron chi connectivity index (χ3n) is 23.4. The maximum absolute atomic E-state index is 9.74. The fraction of sp³-hybridized carbons (Fsp3) is 0. The van der Waals surface area contributed by atoms with E-state index < -0.39 is 7.12 Å². The zero-order valence-corrected chi connectivity index (χ0v) is 70.8. The van der Waals surface area contributed by atoms with Crippen molar-refractivity contribution >= 4 is 116 Å². The second-order valence-corrected chi connectivity index (χ2v) is 32.2. The number of hydrogen-bond acceptors (Lipinski definition) is 8. The lowest BCUT2D eigenvalue weighted by molar-refractivity contribution is 0.426. The van der Waals surface area contributed by atoms with Crippen molar-refractivity contribution in [1.29, 1.82) is 0 Å². The molecule has 0 aliphatic heterocycles. The third kappa shape index (κ3) is 15.9. The molecule has 7 aromatic heterocycles. The first-order valence-electron chi connectivity index (χ1n) is 42.5. The standard InChI is InChI=1S/C34H24BN3O2.C34H22BrN3.C34H23N3.C12H9N/c39-35(40)26-17-20-33-29(21-26)28-13-7-8-14-32(28)38(33)27-18-15-25(16-19-27)34-36-30(23-9-3-1-4-10-23)22-31(37-34)24-11-5-2-6-12-24;35-26-17-20-33-29(21-26)28-13-7-8-14-32(28)38(33)27-18-15-25(16-19-27)34-36-30(23-9-3-1-4-10-23)22-31(37-34)24-11-5-2-6-12-24;1-3-11-24(12-4-1)30-23-31(25-13-5-2-6-14-25)36-34(35-30)26-19-21-27(22-20-26)37-32-17-9-7-15-28(32)29-16-8-10-18-33(29)37;1-3-7-11-9(5-1)10-6-2-4-8-12(10)13-11/h1-22,39-40H;1-22H;1-23H;1-8,13H. The maximum atomic E-state index is 9.74. The summed E-state index contributed by atoms with van der Waals surface area (Å²) in [4.78, 5) is 33.2. The van der Waals surface area contributed by atoms with Gasteiger partial charge in [0.05, 0.1) is 67.3 Å². The van der Waals surface area contributed by atoms with Crippen LogP contribution < -0.4 is 5.46 Å². The van der Waals surface area contributed by atoms with E-state index in [2.05, 4.69) is 344 Å². The second kappa shape index (κ2) is 35.1. The highest BCUT2D eigenvalue weighted by Crippen LogP contribution is 2.40. The third-order valence-corrected chi connectivity index (χ3v) is 23.9. The topological polar surface area (TPSA) is 148 Å². The van der Waals surface area contributed by atoms with Crippen molar-refractivity contribution in [2.45, 2.75) is 0 Å². The van der Waals surface area contributed by atoms with Crippen molar-refractivity contribution in [2.24, 2.45) is 0 Å². The van der Waals surface area contributed by atoms with E-state index in [4.69, 9.17) is 29.9 Å². The van der Waals surface area contributed by atoms with Gasteiger partial charge in [-0.3, -0.25) is 0 Å². The Kier molecular flexibility index (Phi) is 21.6. The Morgan fingerprint density at radius 3 is 0.727 bits per heavy atom. The highest BCUT2D eigenvalue weighted by atomic mass is 79.9. The number of halogens is 1. The minimum Gasteiger partial charge on any atom is -0.423 e. The molecule has 7 heterocycles. The van der Waals surface area contributed by atoms with Gasteiger partial charge in [-0.05, 0) is 157 Å². The largest absolute Gasteiger partial charge is 0.488 e. The summed E-state index contributed by atoms with van der Waals surface area (Å²) in [6.07, 6.45) is 0. The van der Waals surface area contributed by atoms with Crippen LogP contribution in [0.1, 0.15) is 0 Å². The normalized spacial score (nSPS) is 11.2. The molecular weight excluding hydrogens is 1630 g/mol. The molecule has 14 heteroatoms. The van der Waals surface area contributed by atoms with Crippen LogP contribution in [0.4, 0.5) is 0 Å². The van der Waals surface area contributed by atoms with Crippen LogP contribution >= 0.6 is 15.9 Å². The van der Waals surface area contributed by atoms with Crippen molar-refractivity contribution in [2.75, 3.05) is 0 Å². The van der Waals surface area contributed by atoms with E-state index >= 15 is 0 Å². The summed E-state index contributed by atoms with van der Waals surface area (Å²) >= 11 is 3.64. The van der Waals surface area contributed by atoms with Crippen LogP contribution in [0, 0.1) is 0 Å². The van der Waals surface area contributed by atoms with Crippen LogP contribution in [0.3, 0.4) is 0 Å². The lowest BCUT2D eigenvalue weighted by atomic mass is 9.80. The fourth-order valence-electron chi connectivity index (χ4n) is 17.2. The Morgan fingerprint density at radius 1 is 0.203 bits per heavy atom. The zero-order valence-electron chi connectivity index (χ0n) is 69.2. The molecule has 128 heavy (non-hydrogen) atoms. The molecule has 3 N–H and O–H groups in total. The summed E-state index contributed by atoms with van der Waals surface area (Å²) < 4.78 is 7.91. The smallest absolute Gasteiger partial charge is 0.423 e. The molecule has 24 rings (SSSR count). The van der Waals surface area contributed by atoms with Gasteiger partial charge in [0.15, 0.2) is 17.5 Å². The number of nitrogens with one attached hydrogen (secondary N) is 1. The number of nitrogens with zero attached hydrogens (tertiary/aromatic N) is 9. The van der Waals surface area contributed by atoms with E-state index in [0.29, 0.717) is 22.9 Å². The van der Waals surface area contributed by atoms with Gasteiger partial charge in [0, 0.05) is 126 Å². The Bertz CT molecular complexity index is 7860. The monoisotopic (exact) mass is 1710 g/mol. The second-order valence-electron chi connectivity index (χ2n) is 31.3. The van der Waals surface area contributed by atoms with Gasteiger partial charge in [0.25, 0.3) is 0 Å². The van der Waals surface area contributed by atoms with Gasteiger partial charge in [-0.1, -0.05) is 319 Å². The molecule has 0 amide bonds. The van der Waals surface area contributed by atoms with E-state index in [-0.39, 0.29) is 0 Å². The van der Waals surface area contributed by atoms with Gasteiger partial charge >= 0.3 is 7.12 Å². The summed E-state index contributed by atoms with van der Waals surface area (Å²) in [5.74, 6) is 2.09. The molecule has 0 unspecified atom stereocenters. The molecule has 0 bridgehead atoms. The average Bonchev–Trinajstić information content (AvgIpc) is 1.60. The number of aromatic nitrogens is 10. The van der Waals surface area contributed by atoms with Crippen LogP contribution in [-0.4, -0.2) is 65.8 Å². The van der Waals surface area contributed by atoms with Gasteiger partial charge in [-0.15, -0.1) is 0 Å². The van der Waals surface area contributed by atoms with E-state index in [1.54, 1.807) is 6.07 Å². The van der Waals surface area contributed by atoms with Crippen molar-refractivity contribution < 1.29 is 10.0 Å². The lowest BCUT2D eigenvalue weighted by Crippen LogP contribution is -2.29. The first-order chi connectivity index (χ1) is 63.2. The lowest BCUT2D eigenvalue weighted by Gasteiger charge is -2.11. The Hall–Kier alpha value is -16.4. The van der Waals surface area contributed by atoms with Crippen molar-refractivity contribution in [3.63, 3.8) is 0 Å². The van der Waals surface area contributed by atoms with Gasteiger partial charge in [0.1, 0.15) is 0 Å². The average molecular weight is 1710 g/mol. The summed E-state index contributed by atoms with van der Waals surface area (Å²) in [7, 11) is -1.52. The van der Waals surface area contributed by atoms with Crippen LogP contribution in [0.5, 0.6) is 0 Å². The molecule has 0 aliphatic carbocycles. The Labute approximate surface area is 747 Å². The van der Waals surface area contributed by atoms with Gasteiger partial charge < -0.3 is 28.7 Å². The van der Waals surface area contributed by atoms with Crippen LogP contribution in [0.25, 0.3) is 206 Å². The molecule has 0 spiro atoms. The predicted octanol–water partition coefficient (Wildman–Crippen LogP) is 27.5. The quantitative estimate of drug-likeness (QED) is 0.0967. The van der Waals surface area contributed by atoms with Crippen molar-refractivity contribution in [1.82, 2.24) is 48.6 Å². The van der Waals surface area contributed by atoms with E-state index in [0.717, 1.165) is 128 Å². The minimum absolute atomic E-state index is 0.468. The van der Waals surface area contributed by atoms with Crippen LogP contribution in [0.15, 0.2) is 459 Å². The molecule has 0 aliphatic rings. The summed E-state index contributed by atoms with van der Waals surface area (Å²) in [6, 6.07) is 156. The molecular formula is C114H78BBrN10O2. The highest BCUT2D eigenvalue weighted by Gasteiger charge is 2.22. The number of hydrogen-bond donors (Lipinski definition) is 3. The van der Waals surface area contributed by atoms with Gasteiger partial charge in [0.2, 0.25) is 0 Å². The number of H-pyrrole nitrogens is 1. The maximum Gasteiger partial charge on any atom is 0.488 e. The number of rotatable bonds is 13. The molecule has 0 fully saturated rings. The summed E-state index contributed by atoms with van der Waals surface area (Å²) in [5.41, 5.74) is 27.5. The predicted molar refractivity (Wildman–Crippen MR) is 531 cm³/mol. The molecule has 0 atom stereocenters. The number of fused-ring (bicyclic) bond motifs is 12. The van der Waals surface area contributed by atoms with Gasteiger partial charge in [-0.25, -0.2) is 29.9 Å². The summed E-state index contributed by atoms with van der Waals surface area (Å²) in [6.45, 7) is 0. The first kappa shape index (κ1) is 78.9. The van der Waals surface area contributed by atoms with Crippen LogP contribution in [0.2, 0.25) is 0 Å². The SMILES string of the molecule is Brc1ccc2c(c1)c1ccccc1n2-c1ccc(-c2nc(-c3ccccc3)cc(-c3ccccc3)n2)cc1.OB(O)c1ccc2c(c1)c1ccccc1n2-c1ccc(-c2nc(-c3ccccc3)cc(-c3ccccc3)n2)cc1.c1ccc(-c2cc(-c3ccccc3)nc(-c3ccc(-n4c5ccccc5c5ccccc54)cc3)n2)cc1.c1ccc2c(c1)[nH]c1ccccc12. The van der Waals surface area contributed by atoms with Crippen molar-refractivity contribution in [3.05, 3.63) is 459 Å². The van der Waals surface area contributed by atoms with Crippen molar-refractivity contribution in [3.8, 4) is 119 Å². The van der Waals surface area contributed by atoms with Gasteiger partial charge in [-0.2, -0.15) is 0 Å². The number of para-hydroxylation sites is 6. The molecule has 606 valence electrons. The van der Waals surface area contributed by atoms with E-state index in [1.165, 1.54) is 65.4 Å². The number of benzene rings is 17. The molecule has 17 aromatic carbocycles. The Morgan fingerprint density at radius 2 is 0.438 bits per heavy atom. The zero-order chi connectivity index (χ0) is 85.8. The number of aromatic amines is 1. The molecule has 0 radical (unpaired) electrons. The van der Waals surface area contributed by atoms with E-state index in [9.17, 15) is 10.0 Å².